The first-order valence-electron chi connectivity index (χ1n) is 6.88. The average Bonchev–Trinajstić information content (AvgIpc) is 2.95. The van der Waals surface area contributed by atoms with Crippen LogP contribution in [0.1, 0.15) is 24.4 Å². The number of imidazole rings is 1. The number of hydrogen-bond donors (Lipinski definition) is 1. The van der Waals surface area contributed by atoms with Crippen molar-refractivity contribution in [1.82, 2.24) is 14.9 Å². The van der Waals surface area contributed by atoms with Crippen molar-refractivity contribution >= 4 is 0 Å². The number of aromatic nitrogens is 2. The summed E-state index contributed by atoms with van der Waals surface area (Å²) in [6.45, 7) is 1.09. The summed E-state index contributed by atoms with van der Waals surface area (Å²) in [6, 6.07) is 6.34. The van der Waals surface area contributed by atoms with E-state index in [1.54, 1.807) is 30.7 Å². The Bertz CT molecular complexity index is 509. The van der Waals surface area contributed by atoms with Gasteiger partial charge in [0.15, 0.2) is 0 Å². The second-order valence-electron chi connectivity index (χ2n) is 4.85. The maximum atomic E-state index is 13.1. The molecule has 0 saturated carbocycles. The van der Waals surface area contributed by atoms with Gasteiger partial charge >= 0.3 is 6.18 Å². The molecule has 0 amide bonds. The van der Waals surface area contributed by atoms with Crippen LogP contribution in [-0.2, 0) is 6.54 Å². The Morgan fingerprint density at radius 3 is 2.52 bits per heavy atom. The zero-order valence-corrected chi connectivity index (χ0v) is 11.6. The van der Waals surface area contributed by atoms with E-state index in [1.807, 2.05) is 10.8 Å². The number of nitrogens with one attached hydrogen (secondary N) is 1. The van der Waals surface area contributed by atoms with Gasteiger partial charge in [-0.05, 0) is 24.9 Å². The van der Waals surface area contributed by atoms with E-state index in [9.17, 15) is 13.2 Å². The Morgan fingerprint density at radius 1 is 1.14 bits per heavy atom. The van der Waals surface area contributed by atoms with Crippen LogP contribution in [0.25, 0.3) is 0 Å². The van der Waals surface area contributed by atoms with E-state index in [1.165, 1.54) is 12.1 Å². The highest BCUT2D eigenvalue weighted by molar-refractivity contribution is 5.20. The molecule has 2 aromatic rings. The molecule has 114 valence electrons. The molecule has 0 bridgehead atoms. The zero-order chi connectivity index (χ0) is 15.1. The Kier molecular flexibility index (Phi) is 5.38. The monoisotopic (exact) mass is 297 g/mol. The van der Waals surface area contributed by atoms with Gasteiger partial charge in [0.05, 0.1) is 6.33 Å². The summed E-state index contributed by atoms with van der Waals surface area (Å²) < 4.78 is 41.1. The van der Waals surface area contributed by atoms with Crippen LogP contribution in [0.2, 0.25) is 0 Å². The molecule has 21 heavy (non-hydrogen) atoms. The van der Waals surface area contributed by atoms with E-state index in [2.05, 4.69) is 10.3 Å². The molecule has 0 saturated heterocycles. The largest absolute Gasteiger partial charge is 0.407 e. The zero-order valence-electron chi connectivity index (χ0n) is 11.6. The number of unbranched alkanes of at least 4 members (excludes halogenated alkanes) is 1. The maximum Gasteiger partial charge on any atom is 0.407 e. The summed E-state index contributed by atoms with van der Waals surface area (Å²) in [5.41, 5.74) is 0.250. The molecule has 3 nitrogen and oxygen atoms in total. The molecule has 1 aromatic heterocycles. The standard InChI is InChI=1S/C15H18F3N3/c16-15(17,18)14(13-6-2-1-3-7-13)20-8-4-5-10-21-11-9-19-12-21/h1-3,6-7,9,11-12,14,20H,4-5,8,10H2. The third-order valence-electron chi connectivity index (χ3n) is 3.21. The topological polar surface area (TPSA) is 29.9 Å². The van der Waals surface area contributed by atoms with Gasteiger partial charge in [-0.3, -0.25) is 0 Å². The molecular formula is C15H18F3N3. The lowest BCUT2D eigenvalue weighted by atomic mass is 10.1. The van der Waals surface area contributed by atoms with Gasteiger partial charge in [0.25, 0.3) is 0 Å². The lowest BCUT2D eigenvalue weighted by molar-refractivity contribution is -0.157. The molecule has 1 atom stereocenters. The van der Waals surface area contributed by atoms with Crippen molar-refractivity contribution in [2.75, 3.05) is 6.54 Å². The van der Waals surface area contributed by atoms with Crippen molar-refractivity contribution in [3.05, 3.63) is 54.6 Å². The Hall–Kier alpha value is -1.82. The molecule has 1 N–H and O–H groups in total. The Labute approximate surface area is 121 Å². The highest BCUT2D eigenvalue weighted by Gasteiger charge is 2.40. The van der Waals surface area contributed by atoms with E-state index in [4.69, 9.17) is 0 Å². The second-order valence-corrected chi connectivity index (χ2v) is 4.85. The minimum Gasteiger partial charge on any atom is -0.337 e. The first-order chi connectivity index (χ1) is 10.1. The van der Waals surface area contributed by atoms with Crippen LogP contribution < -0.4 is 5.32 Å². The maximum absolute atomic E-state index is 13.1. The molecule has 1 heterocycles. The highest BCUT2D eigenvalue weighted by Crippen LogP contribution is 2.32. The number of rotatable bonds is 7. The summed E-state index contributed by atoms with van der Waals surface area (Å²) in [4.78, 5) is 3.92. The van der Waals surface area contributed by atoms with Crippen molar-refractivity contribution in [1.29, 1.82) is 0 Å². The number of nitrogens with zero attached hydrogens (tertiary/aromatic N) is 2. The van der Waals surface area contributed by atoms with Crippen molar-refractivity contribution in [3.8, 4) is 0 Å². The molecule has 0 aliphatic heterocycles. The van der Waals surface area contributed by atoms with Gasteiger partial charge in [0, 0.05) is 18.9 Å². The van der Waals surface area contributed by atoms with Crippen molar-refractivity contribution in [2.24, 2.45) is 0 Å². The van der Waals surface area contributed by atoms with Gasteiger partial charge in [0.1, 0.15) is 6.04 Å². The smallest absolute Gasteiger partial charge is 0.337 e. The summed E-state index contributed by atoms with van der Waals surface area (Å²) in [5.74, 6) is 0. The Morgan fingerprint density at radius 2 is 1.90 bits per heavy atom. The van der Waals surface area contributed by atoms with Gasteiger partial charge in [-0.1, -0.05) is 30.3 Å². The lowest BCUT2D eigenvalue weighted by Gasteiger charge is -2.22. The number of benzene rings is 1. The Balaban J connectivity index is 1.80. The first-order valence-corrected chi connectivity index (χ1v) is 6.88. The molecule has 2 rings (SSSR count). The van der Waals surface area contributed by atoms with E-state index in [0.29, 0.717) is 13.0 Å². The fourth-order valence-electron chi connectivity index (χ4n) is 2.15. The predicted molar refractivity (Wildman–Crippen MR) is 74.7 cm³/mol. The van der Waals surface area contributed by atoms with Crippen molar-refractivity contribution in [2.45, 2.75) is 31.6 Å². The lowest BCUT2D eigenvalue weighted by Crippen LogP contribution is -2.34. The normalized spacial score (nSPS) is 13.3. The predicted octanol–water partition coefficient (Wildman–Crippen LogP) is 3.56. The third kappa shape index (κ3) is 4.90. The highest BCUT2D eigenvalue weighted by atomic mass is 19.4. The van der Waals surface area contributed by atoms with Gasteiger partial charge in [-0.25, -0.2) is 4.98 Å². The van der Waals surface area contributed by atoms with E-state index in [0.717, 1.165) is 13.0 Å². The number of hydrogen-bond acceptors (Lipinski definition) is 2. The van der Waals surface area contributed by atoms with Gasteiger partial charge in [-0.15, -0.1) is 0 Å². The average molecular weight is 297 g/mol. The molecular weight excluding hydrogens is 279 g/mol. The van der Waals surface area contributed by atoms with Crippen molar-refractivity contribution < 1.29 is 13.2 Å². The molecule has 0 aliphatic rings. The van der Waals surface area contributed by atoms with Crippen LogP contribution in [-0.4, -0.2) is 22.3 Å². The van der Waals surface area contributed by atoms with Crippen LogP contribution in [0, 0.1) is 0 Å². The molecule has 6 heteroatoms. The van der Waals surface area contributed by atoms with Gasteiger partial charge in [-0.2, -0.15) is 13.2 Å². The number of halogens is 3. The van der Waals surface area contributed by atoms with Gasteiger partial charge < -0.3 is 9.88 Å². The molecule has 0 radical (unpaired) electrons. The van der Waals surface area contributed by atoms with E-state index >= 15 is 0 Å². The number of aryl methyl sites for hydroxylation is 1. The second kappa shape index (κ2) is 7.26. The fraction of sp³-hybridized carbons (Fsp3) is 0.400. The molecule has 1 unspecified atom stereocenters. The SMILES string of the molecule is FC(F)(F)C(NCCCCn1ccnc1)c1ccccc1. The summed E-state index contributed by atoms with van der Waals surface area (Å²) in [7, 11) is 0. The molecule has 0 fully saturated rings. The van der Waals surface area contributed by atoms with E-state index in [-0.39, 0.29) is 5.56 Å². The van der Waals surface area contributed by atoms with Crippen LogP contribution in [0.4, 0.5) is 13.2 Å². The van der Waals surface area contributed by atoms with Crippen molar-refractivity contribution in [3.63, 3.8) is 0 Å². The fourth-order valence-corrected chi connectivity index (χ4v) is 2.15. The van der Waals surface area contributed by atoms with Gasteiger partial charge in [0.2, 0.25) is 0 Å². The van der Waals surface area contributed by atoms with Crippen LogP contribution >= 0.6 is 0 Å². The van der Waals surface area contributed by atoms with Crippen LogP contribution in [0.5, 0.6) is 0 Å². The summed E-state index contributed by atoms with van der Waals surface area (Å²) in [6.07, 6.45) is 2.44. The minimum absolute atomic E-state index is 0.250. The van der Waals surface area contributed by atoms with Crippen LogP contribution in [0.3, 0.4) is 0 Å². The summed E-state index contributed by atoms with van der Waals surface area (Å²) in [5, 5.41) is 2.61. The first kappa shape index (κ1) is 15.6. The number of alkyl halides is 3. The molecule has 1 aromatic carbocycles. The quantitative estimate of drug-likeness (QED) is 0.792. The van der Waals surface area contributed by atoms with Crippen LogP contribution in [0.15, 0.2) is 49.1 Å². The molecule has 0 spiro atoms. The minimum atomic E-state index is -4.29. The third-order valence-corrected chi connectivity index (χ3v) is 3.21. The van der Waals surface area contributed by atoms with E-state index < -0.39 is 12.2 Å². The molecule has 0 aliphatic carbocycles. The summed E-state index contributed by atoms with van der Waals surface area (Å²) >= 11 is 0.